The Balaban J connectivity index is 1.23. The molecule has 1 fully saturated rings. The van der Waals surface area contributed by atoms with E-state index in [0.717, 1.165) is 48.1 Å². The summed E-state index contributed by atoms with van der Waals surface area (Å²) in [6.45, 7) is 5.92. The molecule has 0 radical (unpaired) electrons. The first kappa shape index (κ1) is 27.3. The first-order valence-electron chi connectivity index (χ1n) is 13.4. The van der Waals surface area contributed by atoms with E-state index in [2.05, 4.69) is 25.1 Å². The van der Waals surface area contributed by atoms with E-state index in [-0.39, 0.29) is 12.2 Å². The average molecular weight is 544 g/mol. The Morgan fingerprint density at radius 3 is 2.62 bits per heavy atom. The van der Waals surface area contributed by atoms with Gasteiger partial charge in [-0.25, -0.2) is 8.78 Å². The number of aromatic nitrogens is 4. The van der Waals surface area contributed by atoms with Crippen LogP contribution in [0.4, 0.5) is 8.78 Å². The number of halogens is 2. The maximum Gasteiger partial charge on any atom is 0.223 e. The third-order valence-electron chi connectivity index (χ3n) is 6.89. The average Bonchev–Trinajstić information content (AvgIpc) is 3.41. The van der Waals surface area contributed by atoms with Gasteiger partial charge < -0.3 is 9.72 Å². The van der Waals surface area contributed by atoms with Crippen LogP contribution in [-0.2, 0) is 6.42 Å². The second-order valence-corrected chi connectivity index (χ2v) is 9.97. The maximum atomic E-state index is 13.5. The molecule has 0 spiro atoms. The van der Waals surface area contributed by atoms with Crippen LogP contribution in [0.1, 0.15) is 52.5 Å². The highest BCUT2D eigenvalue weighted by molar-refractivity contribution is 6.04. The van der Waals surface area contributed by atoms with Crippen molar-refractivity contribution in [2.45, 2.75) is 32.6 Å². The molecule has 1 N–H and O–H groups in total. The molecule has 2 aromatic heterocycles. The minimum atomic E-state index is -0.675. The van der Waals surface area contributed by atoms with E-state index in [1.165, 1.54) is 37.5 Å². The second-order valence-electron chi connectivity index (χ2n) is 9.97. The van der Waals surface area contributed by atoms with Gasteiger partial charge in [0, 0.05) is 25.2 Å². The number of aromatic amines is 1. The maximum absolute atomic E-state index is 13.5. The first-order valence-corrected chi connectivity index (χ1v) is 13.4. The molecular formula is C31H31F2N5O2. The van der Waals surface area contributed by atoms with Crippen LogP contribution < -0.4 is 4.74 Å². The molecule has 1 aliphatic heterocycles. The van der Waals surface area contributed by atoms with Crippen molar-refractivity contribution in [3.05, 3.63) is 101 Å². The highest BCUT2D eigenvalue weighted by Gasteiger charge is 2.12. The van der Waals surface area contributed by atoms with Gasteiger partial charge in [0.1, 0.15) is 29.8 Å². The number of carbonyl (C=O) groups is 1. The Kier molecular flexibility index (Phi) is 8.71. The molecule has 1 saturated heterocycles. The number of ketones is 1. The van der Waals surface area contributed by atoms with Crippen molar-refractivity contribution in [3.63, 3.8) is 0 Å². The summed E-state index contributed by atoms with van der Waals surface area (Å²) < 4.78 is 33.0. The molecule has 4 aromatic rings. The lowest BCUT2D eigenvalue weighted by molar-refractivity contribution is 0.103. The molecule has 0 saturated carbocycles. The Labute approximate surface area is 231 Å². The number of piperidine rings is 1. The first-order chi connectivity index (χ1) is 19.4. The summed E-state index contributed by atoms with van der Waals surface area (Å²) in [5.41, 5.74) is 4.10. The zero-order chi connectivity index (χ0) is 27.9. The number of likely N-dealkylation sites (tertiary alicyclic amines) is 1. The van der Waals surface area contributed by atoms with Crippen LogP contribution in [0.2, 0.25) is 0 Å². The lowest BCUT2D eigenvalue weighted by Crippen LogP contribution is -2.33. The van der Waals surface area contributed by atoms with Crippen molar-refractivity contribution in [2.24, 2.45) is 0 Å². The topological polar surface area (TPSA) is 84.0 Å². The van der Waals surface area contributed by atoms with Crippen molar-refractivity contribution in [1.82, 2.24) is 25.1 Å². The summed E-state index contributed by atoms with van der Waals surface area (Å²) in [7, 11) is 0. The molecule has 0 unspecified atom stereocenters. The fraction of sp³-hybridized carbons (Fsp3) is 0.290. The zero-order valence-corrected chi connectivity index (χ0v) is 22.4. The highest BCUT2D eigenvalue weighted by atomic mass is 19.1. The molecule has 0 bridgehead atoms. The van der Waals surface area contributed by atoms with Gasteiger partial charge in [-0.3, -0.25) is 14.7 Å². The second kappa shape index (κ2) is 12.7. The molecule has 0 amide bonds. The molecule has 9 heteroatoms. The van der Waals surface area contributed by atoms with Gasteiger partial charge in [-0.15, -0.1) is 10.2 Å². The molecule has 2 aromatic carbocycles. The largest absolute Gasteiger partial charge is 0.492 e. The van der Waals surface area contributed by atoms with Crippen LogP contribution in [-0.4, -0.2) is 57.1 Å². The van der Waals surface area contributed by atoms with Crippen molar-refractivity contribution >= 4 is 11.9 Å². The molecule has 5 rings (SSSR count). The van der Waals surface area contributed by atoms with Gasteiger partial charge in [-0.05, 0) is 104 Å². The van der Waals surface area contributed by atoms with Crippen LogP contribution in [0.15, 0.2) is 60.8 Å². The Morgan fingerprint density at radius 2 is 1.82 bits per heavy atom. The minimum absolute atomic E-state index is 0.0320. The number of aryl methyl sites for hydroxylation is 1. The fourth-order valence-electron chi connectivity index (χ4n) is 4.82. The fourth-order valence-corrected chi connectivity index (χ4v) is 4.82. The van der Waals surface area contributed by atoms with Gasteiger partial charge in [0.15, 0.2) is 0 Å². The van der Waals surface area contributed by atoms with Crippen molar-refractivity contribution < 1.29 is 18.3 Å². The predicted molar refractivity (Wildman–Crippen MR) is 149 cm³/mol. The summed E-state index contributed by atoms with van der Waals surface area (Å²) in [6.07, 6.45) is 8.64. The third kappa shape index (κ3) is 7.24. The van der Waals surface area contributed by atoms with Crippen LogP contribution >= 0.6 is 0 Å². The van der Waals surface area contributed by atoms with E-state index in [1.807, 2.05) is 37.3 Å². The molecule has 1 aliphatic rings. The third-order valence-corrected chi connectivity index (χ3v) is 6.89. The number of rotatable bonds is 10. The van der Waals surface area contributed by atoms with Crippen LogP contribution in [0.25, 0.3) is 17.2 Å². The number of benzene rings is 2. The quantitative estimate of drug-likeness (QED) is 0.201. The van der Waals surface area contributed by atoms with Crippen LogP contribution in [0.3, 0.4) is 0 Å². The molecule has 206 valence electrons. The Hall–Kier alpha value is -4.24. The summed E-state index contributed by atoms with van der Waals surface area (Å²) in [4.78, 5) is 22.3. The molecule has 40 heavy (non-hydrogen) atoms. The van der Waals surface area contributed by atoms with Gasteiger partial charge in [0.05, 0.1) is 5.69 Å². The van der Waals surface area contributed by atoms with Gasteiger partial charge in [0.25, 0.3) is 0 Å². The van der Waals surface area contributed by atoms with Crippen molar-refractivity contribution in [1.29, 1.82) is 0 Å². The van der Waals surface area contributed by atoms with E-state index in [0.29, 0.717) is 23.7 Å². The van der Waals surface area contributed by atoms with E-state index < -0.39 is 17.4 Å². The molecule has 0 aliphatic carbocycles. The number of allylic oxidation sites excluding steroid dienone is 1. The SMILES string of the molecule is Cc1ccc(OCCN2CCCCC2)cc1-c1ccnc(/C=C/C(=O)c2nnc(Cc3cc(F)cc(F)c3)[nH]2)c1. The number of nitrogens with zero attached hydrogens (tertiary/aromatic N) is 4. The zero-order valence-electron chi connectivity index (χ0n) is 22.4. The van der Waals surface area contributed by atoms with E-state index in [4.69, 9.17) is 4.74 Å². The number of hydrogen-bond acceptors (Lipinski definition) is 6. The van der Waals surface area contributed by atoms with E-state index >= 15 is 0 Å². The number of pyridine rings is 1. The highest BCUT2D eigenvalue weighted by Crippen LogP contribution is 2.28. The Bertz CT molecular complexity index is 1490. The van der Waals surface area contributed by atoms with Crippen molar-refractivity contribution in [3.8, 4) is 16.9 Å². The molecule has 3 heterocycles. The summed E-state index contributed by atoms with van der Waals surface area (Å²) in [5, 5.41) is 7.81. The lowest BCUT2D eigenvalue weighted by Gasteiger charge is -2.26. The lowest BCUT2D eigenvalue weighted by atomic mass is 10.0. The van der Waals surface area contributed by atoms with Crippen LogP contribution in [0, 0.1) is 18.6 Å². The molecule has 0 atom stereocenters. The number of H-pyrrole nitrogens is 1. The Morgan fingerprint density at radius 1 is 1.02 bits per heavy atom. The minimum Gasteiger partial charge on any atom is -0.492 e. The number of carbonyl (C=O) groups excluding carboxylic acids is 1. The summed E-state index contributed by atoms with van der Waals surface area (Å²) in [5.74, 6) is -0.558. The standard InChI is InChI=1S/C31H31F2N5O2/c1-21-5-7-27(40-14-13-38-11-3-2-4-12-38)20-28(21)23-9-10-34-26(18-23)6-8-29(39)31-35-30(36-37-31)17-22-15-24(32)19-25(33)16-22/h5-10,15-16,18-20H,2-4,11-14,17H2,1H3,(H,35,36,37)/b8-6+. The monoisotopic (exact) mass is 543 g/mol. The van der Waals surface area contributed by atoms with Crippen molar-refractivity contribution in [2.75, 3.05) is 26.2 Å². The summed E-state index contributed by atoms with van der Waals surface area (Å²) in [6, 6.07) is 13.1. The smallest absolute Gasteiger partial charge is 0.223 e. The van der Waals surface area contributed by atoms with Gasteiger partial charge >= 0.3 is 0 Å². The number of hydrogen-bond donors (Lipinski definition) is 1. The van der Waals surface area contributed by atoms with Gasteiger partial charge in [-0.2, -0.15) is 0 Å². The van der Waals surface area contributed by atoms with Crippen LogP contribution in [0.5, 0.6) is 5.75 Å². The predicted octanol–water partition coefficient (Wildman–Crippen LogP) is 5.80. The number of ether oxygens (including phenoxy) is 1. The molecule has 7 nitrogen and oxygen atoms in total. The number of nitrogens with one attached hydrogen (secondary N) is 1. The van der Waals surface area contributed by atoms with E-state index in [9.17, 15) is 13.6 Å². The molecular weight excluding hydrogens is 512 g/mol. The van der Waals surface area contributed by atoms with E-state index in [1.54, 1.807) is 12.3 Å². The normalized spacial score (nSPS) is 14.1. The summed E-state index contributed by atoms with van der Waals surface area (Å²) >= 11 is 0. The van der Waals surface area contributed by atoms with Gasteiger partial charge in [-0.1, -0.05) is 12.5 Å². The van der Waals surface area contributed by atoms with Gasteiger partial charge in [0.2, 0.25) is 11.6 Å².